The van der Waals surface area contributed by atoms with Crippen LogP contribution >= 0.6 is 0 Å². The lowest BCUT2D eigenvalue weighted by atomic mass is 11.2. The van der Waals surface area contributed by atoms with E-state index in [-0.39, 0.29) is 0 Å². The molecule has 0 rings (SSSR count). The first-order valence-corrected chi connectivity index (χ1v) is 1.32. The highest BCUT2D eigenvalue weighted by atomic mass is 16.7. The molecule has 0 fully saturated rings. The first kappa shape index (κ1) is 1.31. The Morgan fingerprint density at radius 2 is 1.86 bits per heavy atom. The summed E-state index contributed by atoms with van der Waals surface area (Å²) >= 11 is 0. The van der Waals surface area contributed by atoms with Gasteiger partial charge in [0.15, 0.2) is 0 Å². The van der Waals surface area contributed by atoms with Crippen LogP contribution in [0.25, 0.3) is 0 Å². The van der Waals surface area contributed by atoms with E-state index in [2.05, 4.69) is 4.74 Å². The van der Waals surface area contributed by atoms with Crippen molar-refractivity contribution in [2.45, 2.75) is 13.7 Å². The highest BCUT2D eigenvalue weighted by molar-refractivity contribution is 5.82. The minimum absolute atomic E-state index is 1.84. The maximum absolute atomic E-state index is 10.5. The Hall–Kier alpha value is -0.860. The molecule has 0 aliphatic rings. The van der Waals surface area contributed by atoms with Crippen LogP contribution in [-0.2, 0) is 14.3 Å². The highest BCUT2D eigenvalue weighted by Crippen LogP contribution is 1.73. The summed E-state index contributed by atoms with van der Waals surface area (Å²) in [4.78, 5) is 20.9. The van der Waals surface area contributed by atoms with Crippen LogP contribution in [0.3, 0.4) is 0 Å². The van der Waals surface area contributed by atoms with Crippen molar-refractivity contribution in [1.82, 2.24) is 0 Å². The topological polar surface area (TPSA) is 43.4 Å². The number of hydrogen-bond acceptors (Lipinski definition) is 3. The van der Waals surface area contributed by atoms with Crippen molar-refractivity contribution in [3.63, 3.8) is 0 Å². The van der Waals surface area contributed by atoms with Gasteiger partial charge in [-0.2, -0.15) is 0 Å². The first-order chi connectivity index (χ1) is 5.55. The molecule has 0 aromatic heterocycles. The van der Waals surface area contributed by atoms with Crippen LogP contribution in [-0.4, -0.2) is 11.9 Å². The summed E-state index contributed by atoms with van der Waals surface area (Å²) in [7, 11) is 0. The van der Waals surface area contributed by atoms with Crippen molar-refractivity contribution in [3.8, 4) is 0 Å². The zero-order chi connectivity index (χ0) is 10.9. The third kappa shape index (κ3) is 5.14. The van der Waals surface area contributed by atoms with E-state index in [4.69, 9.17) is 8.22 Å². The Balaban J connectivity index is 4.34. The van der Waals surface area contributed by atoms with Crippen molar-refractivity contribution in [2.24, 2.45) is 0 Å². The summed E-state index contributed by atoms with van der Waals surface area (Å²) in [5, 5.41) is 0. The zero-order valence-electron chi connectivity index (χ0n) is 9.22. The second-order valence-corrected chi connectivity index (χ2v) is 0.677. The van der Waals surface area contributed by atoms with E-state index in [1.807, 2.05) is 0 Å². The van der Waals surface area contributed by atoms with Crippen LogP contribution < -0.4 is 0 Å². The number of ether oxygens (including phenoxy) is 1. The van der Waals surface area contributed by atoms with Gasteiger partial charge in [-0.3, -0.25) is 9.59 Å². The molecule has 0 N–H and O–H groups in total. The minimum Gasteiger partial charge on any atom is -0.394 e. The molecular weight excluding hydrogens is 98.0 g/mol. The normalized spacial score (nSPS) is 24.0. The largest absolute Gasteiger partial charge is 0.394 e. The van der Waals surface area contributed by atoms with Gasteiger partial charge in [-0.1, -0.05) is 0 Å². The number of carbonyl (C=O) groups is 2. The molecule has 0 aliphatic heterocycles. The standard InChI is InChI=1S/C4H6O3/c1-3(5)7-4(2)6/h1-2H3/i1D3,2D3,3+1,4+1. The average molecular weight is 110 g/mol. The average Bonchev–Trinajstić information content (AvgIpc) is 1.82. The van der Waals surface area contributed by atoms with E-state index in [0.29, 0.717) is 0 Å². The molecule has 0 radical (unpaired) electrons. The Labute approximate surface area is 49.7 Å². The second-order valence-electron chi connectivity index (χ2n) is 0.677. The molecule has 3 nitrogen and oxygen atoms in total. The number of hydrogen-bond donors (Lipinski definition) is 0. The lowest BCUT2D eigenvalue weighted by molar-refractivity contribution is -0.156. The lowest BCUT2D eigenvalue weighted by Gasteiger charge is -1.87. The summed E-state index contributed by atoms with van der Waals surface area (Å²) < 4.78 is 42.3. The Bertz CT molecular complexity index is 201. The van der Waals surface area contributed by atoms with Crippen LogP contribution in [0.2, 0.25) is 0 Å². The highest BCUT2D eigenvalue weighted by Gasteiger charge is 1.93. The molecule has 7 heavy (non-hydrogen) atoms. The van der Waals surface area contributed by atoms with Gasteiger partial charge in [0.05, 0.1) is 0 Å². The molecule has 0 spiro atoms. The SMILES string of the molecule is [2H]C([2H])([2H])[13C](=O)O[13C](=O)C([2H])([2H])[2H]. The molecule has 0 aromatic rings. The Morgan fingerprint density at radius 1 is 1.43 bits per heavy atom. The molecule has 0 saturated heterocycles. The van der Waals surface area contributed by atoms with Crippen molar-refractivity contribution >= 4 is 11.9 Å². The van der Waals surface area contributed by atoms with E-state index in [1.54, 1.807) is 0 Å². The van der Waals surface area contributed by atoms with Crippen molar-refractivity contribution in [2.75, 3.05) is 0 Å². The molecular formula is C4H6O3. The van der Waals surface area contributed by atoms with Crippen molar-refractivity contribution in [1.29, 1.82) is 0 Å². The molecule has 0 unspecified atom stereocenters. The van der Waals surface area contributed by atoms with Crippen molar-refractivity contribution in [3.05, 3.63) is 0 Å². The van der Waals surface area contributed by atoms with Gasteiger partial charge in [0.25, 0.3) is 0 Å². The monoisotopic (exact) mass is 110 g/mol. The van der Waals surface area contributed by atoms with Gasteiger partial charge in [-0.05, 0) is 0 Å². The van der Waals surface area contributed by atoms with E-state index >= 15 is 0 Å². The maximum Gasteiger partial charge on any atom is 0.310 e. The zero-order valence-corrected chi connectivity index (χ0v) is 3.22. The fourth-order valence-corrected chi connectivity index (χ4v) is 0.0842. The van der Waals surface area contributed by atoms with Gasteiger partial charge >= 0.3 is 11.9 Å². The van der Waals surface area contributed by atoms with Gasteiger partial charge < -0.3 is 4.74 Å². The Morgan fingerprint density at radius 3 is 2.14 bits per heavy atom. The van der Waals surface area contributed by atoms with Crippen LogP contribution in [0.1, 0.15) is 21.9 Å². The molecule has 40 valence electrons. The van der Waals surface area contributed by atoms with Gasteiger partial charge in [0.2, 0.25) is 0 Å². The molecule has 0 aromatic carbocycles. The predicted octanol–water partition coefficient (Wildman–Crippen LogP) is 0.0960. The molecule has 0 amide bonds. The number of esters is 2. The van der Waals surface area contributed by atoms with Crippen LogP contribution in [0.15, 0.2) is 0 Å². The lowest BCUT2D eigenvalue weighted by Crippen LogP contribution is -2.03. The van der Waals surface area contributed by atoms with Gasteiger partial charge in [0.1, 0.15) is 0 Å². The third-order valence-electron chi connectivity index (χ3n) is 0.185. The summed E-state index contributed by atoms with van der Waals surface area (Å²) in [5.74, 6) is -3.68. The summed E-state index contributed by atoms with van der Waals surface area (Å²) in [6.07, 6.45) is 0. The van der Waals surface area contributed by atoms with Gasteiger partial charge in [-0.25, -0.2) is 0 Å². The first-order valence-electron chi connectivity index (χ1n) is 4.32. The van der Waals surface area contributed by atoms with Gasteiger partial charge in [-0.15, -0.1) is 0 Å². The summed E-state index contributed by atoms with van der Waals surface area (Å²) in [6.45, 7) is -6.25. The quantitative estimate of drug-likeness (QED) is 0.252. The minimum atomic E-state index is -3.12. The van der Waals surface area contributed by atoms with E-state index in [9.17, 15) is 9.59 Å². The number of carbonyl (C=O) groups excluding carboxylic acids is 2. The van der Waals surface area contributed by atoms with E-state index in [1.165, 1.54) is 0 Å². The van der Waals surface area contributed by atoms with Crippen LogP contribution in [0, 0.1) is 0 Å². The van der Waals surface area contributed by atoms with E-state index in [0.717, 1.165) is 0 Å². The predicted molar refractivity (Wildman–Crippen MR) is 22.4 cm³/mol. The molecule has 0 bridgehead atoms. The van der Waals surface area contributed by atoms with E-state index < -0.39 is 25.6 Å². The summed E-state index contributed by atoms with van der Waals surface area (Å²) in [5.41, 5.74) is 0. The van der Waals surface area contributed by atoms with Crippen LogP contribution in [0.5, 0.6) is 0 Å². The molecule has 0 heterocycles. The van der Waals surface area contributed by atoms with Gasteiger partial charge in [0, 0.05) is 21.9 Å². The van der Waals surface area contributed by atoms with Crippen LogP contribution in [0.4, 0.5) is 0 Å². The molecule has 0 atom stereocenters. The fourth-order valence-electron chi connectivity index (χ4n) is 0.0842. The maximum atomic E-state index is 10.5. The molecule has 3 heteroatoms. The van der Waals surface area contributed by atoms with Crippen molar-refractivity contribution < 1.29 is 22.6 Å². The Kier molecular flexibility index (Phi) is 0.436. The number of rotatable bonds is 0. The fraction of sp³-hybridized carbons (Fsp3) is 0.500. The second kappa shape index (κ2) is 2.34. The molecule has 0 saturated carbocycles. The summed E-state index contributed by atoms with van der Waals surface area (Å²) in [6, 6.07) is 0. The molecule has 0 aliphatic carbocycles. The smallest absolute Gasteiger partial charge is 0.310 e. The third-order valence-corrected chi connectivity index (χ3v) is 0.185.